The molecule has 0 spiro atoms. The molecule has 0 fully saturated rings. The van der Waals surface area contributed by atoms with Crippen LogP contribution in [-0.2, 0) is 16.0 Å². The number of carbonyl (C=O) groups is 2. The zero-order chi connectivity index (χ0) is 19.7. The lowest BCUT2D eigenvalue weighted by Crippen LogP contribution is -2.16. The van der Waals surface area contributed by atoms with Crippen molar-refractivity contribution in [2.45, 2.75) is 26.4 Å². The van der Waals surface area contributed by atoms with E-state index in [1.54, 1.807) is 30.3 Å². The third kappa shape index (κ3) is 3.40. The highest BCUT2D eigenvalue weighted by Gasteiger charge is 2.29. The van der Waals surface area contributed by atoms with Gasteiger partial charge in [-0.1, -0.05) is 43.5 Å². The molecule has 0 amide bonds. The Balaban J connectivity index is 2.32. The number of ether oxygens (including phenoxy) is 2. The first-order chi connectivity index (χ1) is 12.8. The number of halogens is 1. The fourth-order valence-electron chi connectivity index (χ4n) is 2.93. The number of alkyl halides is 1. The Morgan fingerprint density at radius 1 is 1.00 bits per heavy atom. The molecule has 5 heteroatoms. The van der Waals surface area contributed by atoms with E-state index in [2.05, 4.69) is 13.2 Å². The summed E-state index contributed by atoms with van der Waals surface area (Å²) in [5.74, 6) is -0.855. The highest BCUT2D eigenvalue weighted by molar-refractivity contribution is 6.01. The van der Waals surface area contributed by atoms with Crippen LogP contribution in [0.3, 0.4) is 0 Å². The minimum absolute atomic E-state index is 0.126. The first-order valence-corrected chi connectivity index (χ1v) is 8.44. The first kappa shape index (κ1) is 18.6. The Hall–Kier alpha value is -3.21. The molecule has 0 heterocycles. The lowest BCUT2D eigenvalue weighted by Gasteiger charge is -2.24. The lowest BCUT2D eigenvalue weighted by molar-refractivity contribution is -0.131. The molecule has 0 bridgehead atoms. The van der Waals surface area contributed by atoms with Crippen LogP contribution in [0, 0.1) is 0 Å². The Bertz CT molecular complexity index is 1020. The minimum Gasteiger partial charge on any atom is -0.422 e. The van der Waals surface area contributed by atoms with Gasteiger partial charge in [0.2, 0.25) is 0 Å². The van der Waals surface area contributed by atoms with Gasteiger partial charge < -0.3 is 9.47 Å². The highest BCUT2D eigenvalue weighted by Crippen LogP contribution is 2.47. The van der Waals surface area contributed by atoms with E-state index in [-0.39, 0.29) is 28.2 Å². The number of benzene rings is 2. The summed E-state index contributed by atoms with van der Waals surface area (Å²) in [6.45, 7) is 10.2. The fraction of sp³-hybridized carbons (Fsp3) is 0.182. The molecule has 27 heavy (non-hydrogen) atoms. The summed E-state index contributed by atoms with van der Waals surface area (Å²) in [4.78, 5) is 24.3. The second-order valence-corrected chi connectivity index (χ2v) is 6.47. The van der Waals surface area contributed by atoms with Crippen LogP contribution in [-0.4, -0.2) is 11.9 Å². The summed E-state index contributed by atoms with van der Waals surface area (Å²) in [6, 6.07) is 6.94. The van der Waals surface area contributed by atoms with Crippen molar-refractivity contribution in [1.82, 2.24) is 0 Å². The molecule has 1 atom stereocenters. The molecule has 2 aromatic rings. The van der Waals surface area contributed by atoms with E-state index >= 15 is 0 Å². The molecule has 0 radical (unpaired) electrons. The molecule has 1 aliphatic rings. The smallest absolute Gasteiger partial charge is 0.338 e. The van der Waals surface area contributed by atoms with Crippen LogP contribution in [0.5, 0.6) is 11.5 Å². The Morgan fingerprint density at radius 3 is 2.07 bits per heavy atom. The number of esters is 2. The summed E-state index contributed by atoms with van der Waals surface area (Å²) >= 11 is 0. The van der Waals surface area contributed by atoms with Gasteiger partial charge in [-0.3, -0.25) is 0 Å². The maximum atomic E-state index is 14.8. The van der Waals surface area contributed by atoms with Crippen LogP contribution < -0.4 is 9.47 Å². The van der Waals surface area contributed by atoms with Crippen molar-refractivity contribution in [1.29, 1.82) is 0 Å². The minimum atomic E-state index is -1.49. The Kier molecular flexibility index (Phi) is 4.95. The number of rotatable bonds is 4. The molecule has 2 aromatic carbocycles. The van der Waals surface area contributed by atoms with E-state index in [1.807, 2.05) is 0 Å². The van der Waals surface area contributed by atoms with Crippen molar-refractivity contribution in [2.24, 2.45) is 0 Å². The molecular weight excluding hydrogens is 347 g/mol. The van der Waals surface area contributed by atoms with Gasteiger partial charge in [0.25, 0.3) is 0 Å². The third-order valence-electron chi connectivity index (χ3n) is 4.25. The predicted molar refractivity (Wildman–Crippen MR) is 102 cm³/mol. The lowest BCUT2D eigenvalue weighted by atomic mass is 9.89. The normalized spacial score (nSPS) is 15.1. The Labute approximate surface area is 156 Å². The van der Waals surface area contributed by atoms with Gasteiger partial charge >= 0.3 is 11.9 Å². The van der Waals surface area contributed by atoms with Crippen LogP contribution in [0.4, 0.5) is 4.39 Å². The van der Waals surface area contributed by atoms with Crippen molar-refractivity contribution in [3.05, 3.63) is 71.8 Å². The number of carbonyl (C=O) groups excluding carboxylic acids is 2. The van der Waals surface area contributed by atoms with Gasteiger partial charge in [-0.15, -0.1) is 0 Å². The molecule has 1 aliphatic carbocycles. The van der Waals surface area contributed by atoms with Gasteiger partial charge in [-0.2, -0.15) is 0 Å². The number of hydrogen-bond donors (Lipinski definition) is 0. The molecule has 0 aliphatic heterocycles. The zero-order valence-corrected chi connectivity index (χ0v) is 15.2. The molecule has 0 N–H and O–H groups in total. The van der Waals surface area contributed by atoms with Gasteiger partial charge in [0.05, 0.1) is 0 Å². The summed E-state index contributed by atoms with van der Waals surface area (Å²) < 4.78 is 25.9. The standard InChI is InChI=1S/C22H19FO4/c1-12(2)21(24)26-19-14-8-5-6-9-15(14)20(27-22(25)13(3)4)18-16(19)10-7-11-17(18)23/h5-9,11,17H,1,3,10H2,2,4H3. The van der Waals surface area contributed by atoms with Gasteiger partial charge in [-0.25, -0.2) is 14.0 Å². The summed E-state index contributed by atoms with van der Waals surface area (Å²) in [6.07, 6.45) is 1.90. The topological polar surface area (TPSA) is 52.6 Å². The zero-order valence-electron chi connectivity index (χ0n) is 15.2. The van der Waals surface area contributed by atoms with Crippen molar-refractivity contribution >= 4 is 22.7 Å². The molecule has 0 saturated heterocycles. The summed E-state index contributed by atoms with van der Waals surface area (Å²) in [5.41, 5.74) is 1.10. The van der Waals surface area contributed by atoms with Crippen LogP contribution >= 0.6 is 0 Å². The van der Waals surface area contributed by atoms with Crippen LogP contribution in [0.25, 0.3) is 10.8 Å². The monoisotopic (exact) mass is 366 g/mol. The fourth-order valence-corrected chi connectivity index (χ4v) is 2.93. The second kappa shape index (κ2) is 7.19. The molecule has 0 saturated carbocycles. The van der Waals surface area contributed by atoms with E-state index < -0.39 is 18.1 Å². The van der Waals surface area contributed by atoms with Crippen molar-refractivity contribution in [3.63, 3.8) is 0 Å². The second-order valence-electron chi connectivity index (χ2n) is 6.47. The quantitative estimate of drug-likeness (QED) is 0.333. The van der Waals surface area contributed by atoms with Gasteiger partial charge in [0.1, 0.15) is 17.7 Å². The SMILES string of the molecule is C=C(C)C(=O)Oc1c2c(c(OC(=O)C(=C)C)c3ccccc13)C(F)C=CC2. The first-order valence-electron chi connectivity index (χ1n) is 8.44. The maximum Gasteiger partial charge on any atom is 0.338 e. The highest BCUT2D eigenvalue weighted by atomic mass is 19.1. The van der Waals surface area contributed by atoms with E-state index in [0.29, 0.717) is 22.8 Å². The van der Waals surface area contributed by atoms with E-state index in [4.69, 9.17) is 9.47 Å². The van der Waals surface area contributed by atoms with Gasteiger partial charge in [0.15, 0.2) is 0 Å². The summed E-state index contributed by atoms with van der Waals surface area (Å²) in [7, 11) is 0. The van der Waals surface area contributed by atoms with Crippen molar-refractivity contribution < 1.29 is 23.5 Å². The molecule has 4 nitrogen and oxygen atoms in total. The van der Waals surface area contributed by atoms with Gasteiger partial charge in [0, 0.05) is 33.0 Å². The maximum absolute atomic E-state index is 14.8. The molecule has 3 rings (SSSR count). The van der Waals surface area contributed by atoms with Crippen LogP contribution in [0.2, 0.25) is 0 Å². The van der Waals surface area contributed by atoms with Crippen LogP contribution in [0.15, 0.2) is 60.7 Å². The molecule has 138 valence electrons. The number of hydrogen-bond acceptors (Lipinski definition) is 4. The van der Waals surface area contributed by atoms with E-state index in [0.717, 1.165) is 0 Å². The van der Waals surface area contributed by atoms with Crippen molar-refractivity contribution in [2.75, 3.05) is 0 Å². The number of allylic oxidation sites excluding steroid dienone is 2. The number of fused-ring (bicyclic) bond motifs is 2. The van der Waals surface area contributed by atoms with Crippen molar-refractivity contribution in [3.8, 4) is 11.5 Å². The summed E-state index contributed by atoms with van der Waals surface area (Å²) in [5, 5.41) is 1.03. The third-order valence-corrected chi connectivity index (χ3v) is 4.25. The molecular formula is C22H19FO4. The average Bonchev–Trinajstić information content (AvgIpc) is 2.63. The molecule has 1 unspecified atom stereocenters. The Morgan fingerprint density at radius 2 is 1.52 bits per heavy atom. The average molecular weight is 366 g/mol. The predicted octanol–water partition coefficient (Wildman–Crippen LogP) is 4.93. The van der Waals surface area contributed by atoms with E-state index in [9.17, 15) is 14.0 Å². The van der Waals surface area contributed by atoms with Gasteiger partial charge in [-0.05, 0) is 26.3 Å². The molecule has 0 aromatic heterocycles. The largest absolute Gasteiger partial charge is 0.422 e. The van der Waals surface area contributed by atoms with E-state index in [1.165, 1.54) is 19.9 Å². The van der Waals surface area contributed by atoms with Crippen LogP contribution in [0.1, 0.15) is 31.1 Å².